The van der Waals surface area contributed by atoms with Crippen LogP contribution in [0.15, 0.2) is 12.2 Å². The van der Waals surface area contributed by atoms with E-state index in [1.54, 1.807) is 0 Å². The lowest BCUT2D eigenvalue weighted by Crippen LogP contribution is -1.97. The van der Waals surface area contributed by atoms with Crippen LogP contribution in [0.2, 0.25) is 0 Å². The van der Waals surface area contributed by atoms with Crippen LogP contribution < -0.4 is 0 Å². The monoisotopic (exact) mass is 141 g/mol. The summed E-state index contributed by atoms with van der Waals surface area (Å²) < 4.78 is 0. The van der Waals surface area contributed by atoms with E-state index in [1.807, 2.05) is 0 Å². The van der Waals surface area contributed by atoms with Crippen LogP contribution in [0.1, 0.15) is 33.1 Å². The highest BCUT2D eigenvalue weighted by molar-refractivity contribution is 4.86. The zero-order valence-electron chi connectivity index (χ0n) is 6.97. The number of allylic oxidation sites excluding steroid dienone is 1. The van der Waals surface area contributed by atoms with Gasteiger partial charge >= 0.3 is 0 Å². The van der Waals surface area contributed by atoms with Gasteiger partial charge in [0.25, 0.3) is 0 Å². The topological polar surface area (TPSA) is 19.9 Å². The predicted molar refractivity (Wildman–Crippen MR) is 43.4 cm³/mol. The summed E-state index contributed by atoms with van der Waals surface area (Å²) in [6, 6.07) is 0. The van der Waals surface area contributed by atoms with Crippen molar-refractivity contribution < 1.29 is 5.11 Å². The Morgan fingerprint density at radius 3 is 2.50 bits per heavy atom. The molecule has 0 saturated heterocycles. The first kappa shape index (κ1) is 9.70. The normalized spacial score (nSPS) is 14.3. The van der Waals surface area contributed by atoms with Gasteiger partial charge in [0.15, 0.2) is 0 Å². The van der Waals surface area contributed by atoms with Crippen molar-refractivity contribution in [1.29, 1.82) is 0 Å². The summed E-state index contributed by atoms with van der Waals surface area (Å²) in [6.07, 6.45) is 7.43. The average molecular weight is 141 g/mol. The third kappa shape index (κ3) is 4.57. The van der Waals surface area contributed by atoms with Crippen molar-refractivity contribution in [3.05, 3.63) is 12.2 Å². The van der Waals surface area contributed by atoms with E-state index >= 15 is 0 Å². The van der Waals surface area contributed by atoms with Gasteiger partial charge in [0.1, 0.15) is 0 Å². The number of hydrogen-bond acceptors (Lipinski definition) is 0. The molecule has 0 fully saturated rings. The van der Waals surface area contributed by atoms with Gasteiger partial charge in [0.2, 0.25) is 0 Å². The van der Waals surface area contributed by atoms with E-state index in [9.17, 15) is 5.11 Å². The fraction of sp³-hybridized carbons (Fsp3) is 0.778. The Labute approximate surface area is 63.8 Å². The van der Waals surface area contributed by atoms with Crippen LogP contribution >= 0.6 is 0 Å². The van der Waals surface area contributed by atoms with Gasteiger partial charge in [-0.1, -0.05) is 32.4 Å². The van der Waals surface area contributed by atoms with Crippen LogP contribution in [-0.2, 0) is 5.11 Å². The van der Waals surface area contributed by atoms with Gasteiger partial charge in [-0.15, -0.1) is 0 Å². The molecule has 1 heteroatoms. The molecule has 0 aromatic carbocycles. The van der Waals surface area contributed by atoms with Crippen molar-refractivity contribution >= 4 is 0 Å². The maximum absolute atomic E-state index is 10.4. The fourth-order valence-electron chi connectivity index (χ4n) is 0.765. The Morgan fingerprint density at radius 2 is 2.10 bits per heavy atom. The van der Waals surface area contributed by atoms with E-state index in [0.717, 1.165) is 12.8 Å². The van der Waals surface area contributed by atoms with E-state index in [4.69, 9.17) is 0 Å². The first-order valence-electron chi connectivity index (χ1n) is 4.09. The fourth-order valence-corrected chi connectivity index (χ4v) is 0.765. The van der Waals surface area contributed by atoms with Crippen LogP contribution in [0.25, 0.3) is 0 Å². The molecule has 0 saturated carbocycles. The van der Waals surface area contributed by atoms with E-state index < -0.39 is 0 Å². The van der Waals surface area contributed by atoms with Gasteiger partial charge in [0, 0.05) is 5.92 Å². The van der Waals surface area contributed by atoms with Gasteiger partial charge in [-0.25, -0.2) is 5.11 Å². The molecular formula is C9H17O. The zero-order chi connectivity index (χ0) is 7.82. The molecule has 0 aliphatic rings. The third-order valence-electron chi connectivity index (χ3n) is 1.60. The van der Waals surface area contributed by atoms with E-state index in [1.165, 1.54) is 6.42 Å². The minimum atomic E-state index is 0.0384. The quantitative estimate of drug-likeness (QED) is 0.525. The molecule has 0 amide bonds. The highest BCUT2D eigenvalue weighted by Crippen LogP contribution is 2.04. The second kappa shape index (κ2) is 6.81. The van der Waals surface area contributed by atoms with Crippen molar-refractivity contribution in [3.63, 3.8) is 0 Å². The van der Waals surface area contributed by atoms with Crippen LogP contribution in [0.4, 0.5) is 0 Å². The van der Waals surface area contributed by atoms with Crippen LogP contribution in [0.3, 0.4) is 0 Å². The second-order valence-corrected chi connectivity index (χ2v) is 2.55. The first-order valence-corrected chi connectivity index (χ1v) is 4.09. The number of rotatable bonds is 5. The number of hydrogen-bond donors (Lipinski definition) is 0. The lowest BCUT2D eigenvalue weighted by Gasteiger charge is -2.01. The summed E-state index contributed by atoms with van der Waals surface area (Å²) in [4.78, 5) is 0. The molecule has 0 aliphatic heterocycles. The maximum Gasteiger partial charge on any atom is 0.0884 e. The SMILES string of the molecule is CCC/C=C/C(CC)C[O]. The molecule has 59 valence electrons. The summed E-state index contributed by atoms with van der Waals surface area (Å²) >= 11 is 0. The van der Waals surface area contributed by atoms with E-state index in [-0.39, 0.29) is 12.5 Å². The van der Waals surface area contributed by atoms with Gasteiger partial charge in [-0.3, -0.25) is 0 Å². The predicted octanol–water partition coefficient (Wildman–Crippen LogP) is 2.80. The lowest BCUT2D eigenvalue weighted by atomic mass is 10.1. The van der Waals surface area contributed by atoms with Gasteiger partial charge in [-0.2, -0.15) is 0 Å². The Balaban J connectivity index is 3.40. The third-order valence-corrected chi connectivity index (χ3v) is 1.60. The molecule has 1 nitrogen and oxygen atoms in total. The zero-order valence-corrected chi connectivity index (χ0v) is 6.97. The van der Waals surface area contributed by atoms with Crippen LogP contribution in [0.5, 0.6) is 0 Å². The molecular weight excluding hydrogens is 124 g/mol. The van der Waals surface area contributed by atoms with Gasteiger partial charge in [-0.05, 0) is 12.8 Å². The lowest BCUT2D eigenvalue weighted by molar-refractivity contribution is 0.160. The minimum Gasteiger partial charge on any atom is -0.236 e. The maximum atomic E-state index is 10.4. The van der Waals surface area contributed by atoms with Crippen molar-refractivity contribution in [3.8, 4) is 0 Å². The molecule has 0 aromatic rings. The van der Waals surface area contributed by atoms with E-state index in [0.29, 0.717) is 0 Å². The Morgan fingerprint density at radius 1 is 1.40 bits per heavy atom. The molecule has 0 aromatic heterocycles. The van der Waals surface area contributed by atoms with Crippen molar-refractivity contribution in [2.45, 2.75) is 33.1 Å². The molecule has 1 atom stereocenters. The summed E-state index contributed by atoms with van der Waals surface area (Å²) in [5.74, 6) is 0.270. The Bertz CT molecular complexity index is 82.7. The first-order chi connectivity index (χ1) is 4.85. The second-order valence-electron chi connectivity index (χ2n) is 2.55. The van der Waals surface area contributed by atoms with Gasteiger partial charge < -0.3 is 0 Å². The van der Waals surface area contributed by atoms with Crippen molar-refractivity contribution in [1.82, 2.24) is 0 Å². The van der Waals surface area contributed by atoms with Gasteiger partial charge in [0.05, 0.1) is 6.61 Å². The smallest absolute Gasteiger partial charge is 0.0884 e. The Hall–Kier alpha value is -0.300. The molecule has 0 aliphatic carbocycles. The van der Waals surface area contributed by atoms with E-state index in [2.05, 4.69) is 26.0 Å². The summed E-state index contributed by atoms with van der Waals surface area (Å²) in [6.45, 7) is 4.23. The molecule has 10 heavy (non-hydrogen) atoms. The molecule has 0 N–H and O–H groups in total. The summed E-state index contributed by atoms with van der Waals surface area (Å²) in [5, 5.41) is 10.4. The van der Waals surface area contributed by atoms with Crippen LogP contribution in [0, 0.1) is 5.92 Å². The van der Waals surface area contributed by atoms with Crippen molar-refractivity contribution in [2.24, 2.45) is 5.92 Å². The average Bonchev–Trinajstić information content (AvgIpc) is 1.99. The standard InChI is InChI=1S/C9H17O/c1-3-5-6-7-9(4-2)8-10/h6-7,9H,3-5,8H2,1-2H3/b7-6+. The molecule has 0 rings (SSSR count). The van der Waals surface area contributed by atoms with Crippen LogP contribution in [-0.4, -0.2) is 6.61 Å². The summed E-state index contributed by atoms with van der Waals surface area (Å²) in [5.41, 5.74) is 0. The number of unbranched alkanes of at least 4 members (excludes halogenated alkanes) is 1. The molecule has 1 radical (unpaired) electrons. The molecule has 1 unspecified atom stereocenters. The molecule has 0 heterocycles. The highest BCUT2D eigenvalue weighted by atomic mass is 16.3. The molecule has 0 spiro atoms. The largest absolute Gasteiger partial charge is 0.236 e. The highest BCUT2D eigenvalue weighted by Gasteiger charge is 1.97. The minimum absolute atomic E-state index is 0.0384. The molecule has 0 bridgehead atoms. The summed E-state index contributed by atoms with van der Waals surface area (Å²) in [7, 11) is 0. The Kier molecular flexibility index (Phi) is 6.61. The van der Waals surface area contributed by atoms with Crippen molar-refractivity contribution in [2.75, 3.05) is 6.61 Å².